The lowest BCUT2D eigenvalue weighted by Crippen LogP contribution is -2.32. The molecule has 0 unspecified atom stereocenters. The Balaban J connectivity index is 2.14. The van der Waals surface area contributed by atoms with Crippen LogP contribution in [0, 0.1) is 26.7 Å². The van der Waals surface area contributed by atoms with Crippen molar-refractivity contribution in [2.75, 3.05) is 0 Å². The number of aryl methyl sites for hydroxylation is 4. The SMILES string of the molecule is Cc1c[n+](C)c(-c2c(C)cc(C)c3c2oc2nc(F)ccc23)cc1C(C)C. The molecule has 0 bridgehead atoms. The second kappa shape index (κ2) is 6.15. The first-order valence-electron chi connectivity index (χ1n) is 9.27. The Bertz CT molecular complexity index is 1200. The molecule has 0 N–H and O–H groups in total. The molecule has 27 heavy (non-hydrogen) atoms. The predicted molar refractivity (Wildman–Crippen MR) is 106 cm³/mol. The summed E-state index contributed by atoms with van der Waals surface area (Å²) in [6.45, 7) is 10.7. The van der Waals surface area contributed by atoms with Crippen LogP contribution in [0.4, 0.5) is 4.39 Å². The Hall–Kier alpha value is -2.75. The Kier molecular flexibility index (Phi) is 4.02. The van der Waals surface area contributed by atoms with Gasteiger partial charge >= 0.3 is 0 Å². The second-order valence-corrected chi connectivity index (χ2v) is 7.74. The number of hydrogen-bond donors (Lipinski definition) is 0. The zero-order valence-corrected chi connectivity index (χ0v) is 16.6. The van der Waals surface area contributed by atoms with Crippen molar-refractivity contribution < 1.29 is 13.4 Å². The number of nitrogens with zero attached hydrogens (tertiary/aromatic N) is 2. The highest BCUT2D eigenvalue weighted by molar-refractivity contribution is 6.10. The Morgan fingerprint density at radius 1 is 1.04 bits per heavy atom. The van der Waals surface area contributed by atoms with Gasteiger partial charge < -0.3 is 4.42 Å². The van der Waals surface area contributed by atoms with Crippen molar-refractivity contribution in [1.82, 2.24) is 4.98 Å². The Morgan fingerprint density at radius 2 is 1.78 bits per heavy atom. The van der Waals surface area contributed by atoms with E-state index in [2.05, 4.69) is 69.5 Å². The van der Waals surface area contributed by atoms with Crippen LogP contribution in [0.1, 0.15) is 42.0 Å². The van der Waals surface area contributed by atoms with E-state index >= 15 is 0 Å². The standard InChI is InChI=1S/C23H24FN2O/c1-12(2)17-10-18(26(6)11-15(17)5)21-14(4)9-13(3)20-16-7-8-19(24)25-23(16)27-22(20)21/h7-12H,1-6H3/q+1. The van der Waals surface area contributed by atoms with Crippen LogP contribution in [-0.2, 0) is 7.05 Å². The van der Waals surface area contributed by atoms with Crippen molar-refractivity contribution in [3.63, 3.8) is 0 Å². The fraction of sp³-hybridized carbons (Fsp3) is 0.304. The topological polar surface area (TPSA) is 29.9 Å². The van der Waals surface area contributed by atoms with Crippen LogP contribution in [0.2, 0.25) is 0 Å². The van der Waals surface area contributed by atoms with Gasteiger partial charge in [0.15, 0.2) is 11.8 Å². The molecule has 3 heterocycles. The number of pyridine rings is 2. The molecule has 0 spiro atoms. The largest absolute Gasteiger partial charge is 0.437 e. The monoisotopic (exact) mass is 363 g/mol. The summed E-state index contributed by atoms with van der Waals surface area (Å²) in [4.78, 5) is 3.96. The molecule has 4 rings (SSSR count). The van der Waals surface area contributed by atoms with Crippen LogP contribution in [0.25, 0.3) is 33.3 Å². The van der Waals surface area contributed by atoms with Gasteiger partial charge in [-0.1, -0.05) is 19.9 Å². The van der Waals surface area contributed by atoms with E-state index in [0.717, 1.165) is 38.7 Å². The smallest absolute Gasteiger partial charge is 0.229 e. The summed E-state index contributed by atoms with van der Waals surface area (Å²) in [5, 5.41) is 1.86. The minimum Gasteiger partial charge on any atom is -0.437 e. The number of halogens is 1. The zero-order chi connectivity index (χ0) is 19.5. The second-order valence-electron chi connectivity index (χ2n) is 7.74. The van der Waals surface area contributed by atoms with Gasteiger partial charge in [0, 0.05) is 22.4 Å². The van der Waals surface area contributed by atoms with Gasteiger partial charge in [0.2, 0.25) is 17.4 Å². The molecule has 3 aromatic heterocycles. The van der Waals surface area contributed by atoms with Gasteiger partial charge in [0.05, 0.1) is 5.56 Å². The summed E-state index contributed by atoms with van der Waals surface area (Å²) in [5.74, 6) is -0.0990. The highest BCUT2D eigenvalue weighted by Gasteiger charge is 2.24. The summed E-state index contributed by atoms with van der Waals surface area (Å²) in [6, 6.07) is 7.56. The molecule has 1 aromatic carbocycles. The van der Waals surface area contributed by atoms with Gasteiger partial charge in [-0.05, 0) is 55.5 Å². The molecule has 0 atom stereocenters. The summed E-state index contributed by atoms with van der Waals surface area (Å²) in [7, 11) is 2.05. The highest BCUT2D eigenvalue weighted by atomic mass is 19.1. The highest BCUT2D eigenvalue weighted by Crippen LogP contribution is 2.39. The minimum absolute atomic E-state index is 0.346. The van der Waals surface area contributed by atoms with Gasteiger partial charge in [-0.2, -0.15) is 9.37 Å². The average Bonchev–Trinajstić information content (AvgIpc) is 2.94. The zero-order valence-electron chi connectivity index (χ0n) is 16.6. The van der Waals surface area contributed by atoms with Crippen LogP contribution in [-0.4, -0.2) is 4.98 Å². The fourth-order valence-corrected chi connectivity index (χ4v) is 4.16. The number of fused-ring (bicyclic) bond motifs is 3. The lowest BCUT2D eigenvalue weighted by Gasteiger charge is -2.13. The first kappa shape index (κ1) is 17.7. The molecular formula is C23H24FN2O+. The number of rotatable bonds is 2. The molecule has 3 nitrogen and oxygen atoms in total. The van der Waals surface area contributed by atoms with E-state index in [1.165, 1.54) is 17.2 Å². The van der Waals surface area contributed by atoms with Crippen LogP contribution < -0.4 is 4.57 Å². The molecule has 0 aliphatic carbocycles. The quantitative estimate of drug-likeness (QED) is 0.340. The molecule has 0 aliphatic rings. The normalized spacial score (nSPS) is 11.9. The van der Waals surface area contributed by atoms with Crippen LogP contribution in [0.3, 0.4) is 0 Å². The van der Waals surface area contributed by atoms with E-state index in [1.807, 2.05) is 0 Å². The van der Waals surface area contributed by atoms with E-state index in [1.54, 1.807) is 6.07 Å². The molecule has 0 aliphatic heterocycles. The van der Waals surface area contributed by atoms with E-state index in [-0.39, 0.29) is 0 Å². The maximum Gasteiger partial charge on any atom is 0.229 e. The van der Waals surface area contributed by atoms with Gasteiger partial charge in [0.25, 0.3) is 0 Å². The maximum absolute atomic E-state index is 13.6. The van der Waals surface area contributed by atoms with Crippen molar-refractivity contribution in [3.8, 4) is 11.3 Å². The first-order valence-corrected chi connectivity index (χ1v) is 9.27. The maximum atomic E-state index is 13.6. The molecule has 0 radical (unpaired) electrons. The van der Waals surface area contributed by atoms with Crippen molar-refractivity contribution in [1.29, 1.82) is 0 Å². The van der Waals surface area contributed by atoms with Crippen LogP contribution in [0.15, 0.2) is 34.9 Å². The summed E-state index contributed by atoms with van der Waals surface area (Å²) >= 11 is 0. The molecule has 138 valence electrons. The summed E-state index contributed by atoms with van der Waals surface area (Å²) < 4.78 is 21.9. The molecule has 0 fully saturated rings. The van der Waals surface area contributed by atoms with Crippen molar-refractivity contribution in [2.24, 2.45) is 7.05 Å². The average molecular weight is 363 g/mol. The lowest BCUT2D eigenvalue weighted by atomic mass is 9.93. The molecular weight excluding hydrogens is 339 g/mol. The molecule has 0 saturated heterocycles. The third kappa shape index (κ3) is 2.71. The summed E-state index contributed by atoms with van der Waals surface area (Å²) in [5.41, 5.74) is 8.08. The van der Waals surface area contributed by atoms with Crippen molar-refractivity contribution in [3.05, 3.63) is 58.7 Å². The van der Waals surface area contributed by atoms with Gasteiger partial charge in [-0.3, -0.25) is 0 Å². The number of aromatic nitrogens is 2. The number of furan rings is 1. The molecule has 4 aromatic rings. The summed E-state index contributed by atoms with van der Waals surface area (Å²) in [6.07, 6.45) is 2.16. The molecule has 0 saturated carbocycles. The van der Waals surface area contributed by atoms with Gasteiger partial charge in [0.1, 0.15) is 7.05 Å². The Labute approximate surface area is 158 Å². The third-order valence-electron chi connectivity index (χ3n) is 5.36. The minimum atomic E-state index is -0.527. The van der Waals surface area contributed by atoms with E-state index < -0.39 is 5.95 Å². The third-order valence-corrected chi connectivity index (χ3v) is 5.36. The Morgan fingerprint density at radius 3 is 2.48 bits per heavy atom. The van der Waals surface area contributed by atoms with E-state index in [0.29, 0.717) is 11.6 Å². The molecule has 0 amide bonds. The number of hydrogen-bond acceptors (Lipinski definition) is 2. The van der Waals surface area contributed by atoms with E-state index in [4.69, 9.17) is 4.42 Å². The van der Waals surface area contributed by atoms with Gasteiger partial charge in [-0.25, -0.2) is 4.57 Å². The van der Waals surface area contributed by atoms with Crippen molar-refractivity contribution in [2.45, 2.75) is 40.5 Å². The van der Waals surface area contributed by atoms with Gasteiger partial charge in [-0.15, -0.1) is 0 Å². The van der Waals surface area contributed by atoms with Crippen LogP contribution >= 0.6 is 0 Å². The van der Waals surface area contributed by atoms with Crippen LogP contribution in [0.5, 0.6) is 0 Å². The number of benzene rings is 1. The van der Waals surface area contributed by atoms with Crippen molar-refractivity contribution >= 4 is 22.1 Å². The fourth-order valence-electron chi connectivity index (χ4n) is 4.16. The lowest BCUT2D eigenvalue weighted by molar-refractivity contribution is -0.660. The first-order chi connectivity index (χ1) is 12.8. The van der Waals surface area contributed by atoms with E-state index in [9.17, 15) is 4.39 Å². The molecule has 4 heteroatoms. The predicted octanol–water partition coefficient (Wildman–Crippen LogP) is 5.66.